The van der Waals surface area contributed by atoms with Gasteiger partial charge in [-0.15, -0.1) is 24.0 Å². The van der Waals surface area contributed by atoms with Gasteiger partial charge in [-0.25, -0.2) is 0 Å². The standard InChI is InChI=1S/C25H36N4O2.HI/c1-20-6-11-23(24(16-20)31-15-14-30-3)18-28-25(26-2)27-17-21-7-9-22(10-8-21)19-29-12-4-5-13-29;/h6-11,16H,4-5,12-15,17-19H2,1-3H3,(H2,26,27,28);1H. The summed E-state index contributed by atoms with van der Waals surface area (Å²) in [7, 11) is 3.47. The van der Waals surface area contributed by atoms with Crippen molar-refractivity contribution in [1.29, 1.82) is 0 Å². The molecule has 0 aromatic heterocycles. The molecule has 0 aliphatic carbocycles. The Morgan fingerprint density at radius 1 is 0.969 bits per heavy atom. The van der Waals surface area contributed by atoms with Crippen LogP contribution in [-0.2, 0) is 24.4 Å². The molecule has 0 atom stereocenters. The van der Waals surface area contributed by atoms with Crippen LogP contribution in [-0.4, -0.2) is 51.3 Å². The van der Waals surface area contributed by atoms with E-state index in [0.29, 0.717) is 19.8 Å². The smallest absolute Gasteiger partial charge is 0.191 e. The van der Waals surface area contributed by atoms with Gasteiger partial charge in [0.05, 0.1) is 6.61 Å². The van der Waals surface area contributed by atoms with Crippen LogP contribution < -0.4 is 15.4 Å². The molecule has 32 heavy (non-hydrogen) atoms. The van der Waals surface area contributed by atoms with Crippen LogP contribution in [0.1, 0.15) is 35.1 Å². The van der Waals surface area contributed by atoms with E-state index in [1.54, 1.807) is 14.2 Å². The SMILES string of the molecule is CN=C(NCc1ccc(CN2CCCC2)cc1)NCc1ccc(C)cc1OCCOC.I. The predicted octanol–water partition coefficient (Wildman–Crippen LogP) is 4.10. The number of ether oxygens (including phenoxy) is 2. The van der Waals surface area contributed by atoms with Gasteiger partial charge in [-0.05, 0) is 55.6 Å². The first-order valence-corrected chi connectivity index (χ1v) is 11.1. The molecule has 2 aromatic carbocycles. The average molecular weight is 553 g/mol. The molecule has 0 saturated carbocycles. The quantitative estimate of drug-likeness (QED) is 0.201. The van der Waals surface area contributed by atoms with Gasteiger partial charge in [0.15, 0.2) is 5.96 Å². The summed E-state index contributed by atoms with van der Waals surface area (Å²) in [5.41, 5.74) is 4.89. The molecule has 0 bridgehead atoms. The van der Waals surface area contributed by atoms with Crippen molar-refractivity contribution in [3.63, 3.8) is 0 Å². The lowest BCUT2D eigenvalue weighted by molar-refractivity contribution is 0.145. The first-order valence-electron chi connectivity index (χ1n) is 11.1. The lowest BCUT2D eigenvalue weighted by Crippen LogP contribution is -2.36. The van der Waals surface area contributed by atoms with Gasteiger partial charge in [0.2, 0.25) is 0 Å². The maximum atomic E-state index is 5.88. The van der Waals surface area contributed by atoms with Crippen molar-refractivity contribution in [2.75, 3.05) is 40.5 Å². The average Bonchev–Trinajstić information content (AvgIpc) is 3.29. The lowest BCUT2D eigenvalue weighted by atomic mass is 10.1. The van der Waals surface area contributed by atoms with E-state index in [9.17, 15) is 0 Å². The van der Waals surface area contributed by atoms with Crippen molar-refractivity contribution < 1.29 is 9.47 Å². The number of guanidine groups is 1. The Bertz CT molecular complexity index is 836. The molecule has 176 valence electrons. The highest BCUT2D eigenvalue weighted by Crippen LogP contribution is 2.20. The monoisotopic (exact) mass is 552 g/mol. The largest absolute Gasteiger partial charge is 0.491 e. The van der Waals surface area contributed by atoms with E-state index in [1.807, 2.05) is 0 Å². The summed E-state index contributed by atoms with van der Waals surface area (Å²) in [4.78, 5) is 6.88. The van der Waals surface area contributed by atoms with Gasteiger partial charge < -0.3 is 20.1 Å². The summed E-state index contributed by atoms with van der Waals surface area (Å²) in [6.45, 7) is 8.05. The minimum atomic E-state index is 0. The van der Waals surface area contributed by atoms with Crippen molar-refractivity contribution in [2.45, 2.75) is 39.4 Å². The summed E-state index contributed by atoms with van der Waals surface area (Å²) in [6, 6.07) is 15.1. The molecule has 1 heterocycles. The Hall–Kier alpha value is -1.84. The number of methoxy groups -OCH3 is 1. The molecule has 1 aliphatic rings. The van der Waals surface area contributed by atoms with Crippen molar-refractivity contribution in [3.05, 3.63) is 64.7 Å². The van der Waals surface area contributed by atoms with Crippen LogP contribution in [0.4, 0.5) is 0 Å². The fourth-order valence-electron chi connectivity index (χ4n) is 3.72. The second-order valence-corrected chi connectivity index (χ2v) is 8.03. The van der Waals surface area contributed by atoms with E-state index < -0.39 is 0 Å². The maximum absolute atomic E-state index is 5.88. The molecule has 3 rings (SSSR count). The number of hydrogen-bond acceptors (Lipinski definition) is 4. The van der Waals surface area contributed by atoms with E-state index in [2.05, 4.69) is 69.9 Å². The van der Waals surface area contributed by atoms with E-state index >= 15 is 0 Å². The number of nitrogens with zero attached hydrogens (tertiary/aromatic N) is 2. The van der Waals surface area contributed by atoms with Crippen molar-refractivity contribution >= 4 is 29.9 Å². The molecule has 0 unspecified atom stereocenters. The fraction of sp³-hybridized carbons (Fsp3) is 0.480. The summed E-state index contributed by atoms with van der Waals surface area (Å²) >= 11 is 0. The molecule has 0 amide bonds. The van der Waals surface area contributed by atoms with Crippen LogP contribution in [0.15, 0.2) is 47.5 Å². The Labute approximate surface area is 209 Å². The van der Waals surface area contributed by atoms with Gasteiger partial charge in [0.25, 0.3) is 0 Å². The third kappa shape index (κ3) is 8.60. The van der Waals surface area contributed by atoms with Crippen LogP contribution in [0.25, 0.3) is 0 Å². The van der Waals surface area contributed by atoms with E-state index in [0.717, 1.165) is 30.4 Å². The topological polar surface area (TPSA) is 58.1 Å². The second-order valence-electron chi connectivity index (χ2n) is 8.03. The van der Waals surface area contributed by atoms with Gasteiger partial charge >= 0.3 is 0 Å². The minimum absolute atomic E-state index is 0. The second kappa shape index (κ2) is 14.3. The van der Waals surface area contributed by atoms with E-state index in [1.165, 1.54) is 42.6 Å². The number of hydrogen-bond donors (Lipinski definition) is 2. The number of aliphatic imine (C=N–C) groups is 1. The number of likely N-dealkylation sites (tertiary alicyclic amines) is 1. The summed E-state index contributed by atoms with van der Waals surface area (Å²) in [5.74, 6) is 1.65. The van der Waals surface area contributed by atoms with Crippen molar-refractivity contribution in [1.82, 2.24) is 15.5 Å². The number of halogens is 1. The van der Waals surface area contributed by atoms with Crippen LogP contribution in [0.3, 0.4) is 0 Å². The maximum Gasteiger partial charge on any atom is 0.191 e. The highest BCUT2D eigenvalue weighted by Gasteiger charge is 2.11. The van der Waals surface area contributed by atoms with Gasteiger partial charge in [0.1, 0.15) is 12.4 Å². The molecule has 0 spiro atoms. The molecule has 7 heteroatoms. The zero-order valence-electron chi connectivity index (χ0n) is 19.5. The number of rotatable bonds is 10. The van der Waals surface area contributed by atoms with Crippen LogP contribution in [0.2, 0.25) is 0 Å². The molecule has 6 nitrogen and oxygen atoms in total. The molecular formula is C25H37IN4O2. The third-order valence-electron chi connectivity index (χ3n) is 5.53. The van der Waals surface area contributed by atoms with Gasteiger partial charge in [-0.1, -0.05) is 36.4 Å². The van der Waals surface area contributed by atoms with Gasteiger partial charge in [-0.3, -0.25) is 9.89 Å². The van der Waals surface area contributed by atoms with Crippen LogP contribution in [0.5, 0.6) is 5.75 Å². The number of aryl methyl sites for hydroxylation is 1. The molecule has 1 aliphatic heterocycles. The fourth-order valence-corrected chi connectivity index (χ4v) is 3.72. The number of nitrogens with one attached hydrogen (secondary N) is 2. The normalized spacial score (nSPS) is 14.2. The third-order valence-corrected chi connectivity index (χ3v) is 5.53. The zero-order chi connectivity index (χ0) is 21.9. The zero-order valence-corrected chi connectivity index (χ0v) is 21.9. The van der Waals surface area contributed by atoms with Gasteiger partial charge in [-0.2, -0.15) is 0 Å². The highest BCUT2D eigenvalue weighted by molar-refractivity contribution is 14.0. The molecule has 2 aromatic rings. The van der Waals surface area contributed by atoms with Crippen molar-refractivity contribution in [2.24, 2.45) is 4.99 Å². The van der Waals surface area contributed by atoms with Crippen molar-refractivity contribution in [3.8, 4) is 5.75 Å². The van der Waals surface area contributed by atoms with E-state index in [-0.39, 0.29) is 24.0 Å². The summed E-state index contributed by atoms with van der Waals surface area (Å²) in [5, 5.41) is 6.79. The molecule has 1 fully saturated rings. The molecule has 0 radical (unpaired) electrons. The van der Waals surface area contributed by atoms with Crippen LogP contribution in [0, 0.1) is 6.92 Å². The van der Waals surface area contributed by atoms with E-state index in [4.69, 9.17) is 9.47 Å². The Balaban J connectivity index is 0.00000363. The number of benzene rings is 2. The highest BCUT2D eigenvalue weighted by atomic mass is 127. The first-order chi connectivity index (χ1) is 15.2. The molecule has 2 N–H and O–H groups in total. The summed E-state index contributed by atoms with van der Waals surface area (Å²) < 4.78 is 11.0. The lowest BCUT2D eigenvalue weighted by Gasteiger charge is -2.16. The molecular weight excluding hydrogens is 515 g/mol. The Morgan fingerprint density at radius 2 is 1.66 bits per heavy atom. The van der Waals surface area contributed by atoms with Gasteiger partial charge in [0, 0.05) is 39.4 Å². The molecule has 1 saturated heterocycles. The van der Waals surface area contributed by atoms with Crippen LogP contribution >= 0.6 is 24.0 Å². The Kier molecular flexibility index (Phi) is 11.8. The Morgan fingerprint density at radius 3 is 2.34 bits per heavy atom. The minimum Gasteiger partial charge on any atom is -0.491 e. The predicted molar refractivity (Wildman–Crippen MR) is 142 cm³/mol. The summed E-state index contributed by atoms with van der Waals surface area (Å²) in [6.07, 6.45) is 2.66. The first kappa shape index (κ1) is 26.4.